The minimum Gasteiger partial charge on any atom is -0.494 e. The van der Waals surface area contributed by atoms with Gasteiger partial charge in [-0.25, -0.2) is 0 Å². The Balaban J connectivity index is 1.80. The summed E-state index contributed by atoms with van der Waals surface area (Å²) in [5.74, 6) is 2.49. The van der Waals surface area contributed by atoms with Crippen LogP contribution in [0.1, 0.15) is 25.3 Å². The molecule has 0 radical (unpaired) electrons. The average molecular weight is 352 g/mol. The van der Waals surface area contributed by atoms with Gasteiger partial charge in [0.1, 0.15) is 5.75 Å². The summed E-state index contributed by atoms with van der Waals surface area (Å²) in [4.78, 5) is 3.58. The highest BCUT2D eigenvalue weighted by Crippen LogP contribution is 2.39. The Hall–Kier alpha value is -2.66. The molecule has 3 aromatic rings. The summed E-state index contributed by atoms with van der Waals surface area (Å²) in [5, 5.41) is 1.21. The zero-order valence-corrected chi connectivity index (χ0v) is 15.0. The highest BCUT2D eigenvalue weighted by molar-refractivity contribution is 5.92. The highest BCUT2D eigenvalue weighted by atomic mass is 16.7. The van der Waals surface area contributed by atoms with Crippen molar-refractivity contribution in [3.63, 3.8) is 0 Å². The molecule has 2 heterocycles. The smallest absolute Gasteiger partial charge is 0.231 e. The molecule has 1 aliphatic rings. The van der Waals surface area contributed by atoms with E-state index in [0.29, 0.717) is 13.2 Å². The lowest BCUT2D eigenvalue weighted by Gasteiger charge is -2.07. The van der Waals surface area contributed by atoms with Gasteiger partial charge in [0.15, 0.2) is 11.5 Å². The maximum absolute atomic E-state index is 5.70. The van der Waals surface area contributed by atoms with Crippen molar-refractivity contribution in [2.24, 2.45) is 5.73 Å². The lowest BCUT2D eigenvalue weighted by molar-refractivity contribution is 0.174. The number of hydrogen-bond acceptors (Lipinski definition) is 4. The fraction of sp³-hybridized carbons (Fsp3) is 0.333. The second-order valence-corrected chi connectivity index (χ2v) is 6.43. The van der Waals surface area contributed by atoms with E-state index in [0.717, 1.165) is 53.3 Å². The molecule has 136 valence electrons. The number of aryl methyl sites for hydroxylation is 1. The van der Waals surface area contributed by atoms with Gasteiger partial charge in [-0.2, -0.15) is 0 Å². The molecule has 0 saturated carbocycles. The summed E-state index contributed by atoms with van der Waals surface area (Å²) in [5.41, 5.74) is 10.3. The first-order chi connectivity index (χ1) is 12.8. The van der Waals surface area contributed by atoms with E-state index in [1.807, 2.05) is 25.1 Å². The van der Waals surface area contributed by atoms with Crippen LogP contribution in [0.25, 0.3) is 22.2 Å². The molecule has 0 atom stereocenters. The topological polar surface area (TPSA) is 69.5 Å². The number of nitrogens with two attached hydrogens (primary N) is 1. The van der Waals surface area contributed by atoms with Crippen molar-refractivity contribution in [3.05, 3.63) is 42.0 Å². The molecule has 0 saturated heterocycles. The van der Waals surface area contributed by atoms with Crippen LogP contribution in [0.3, 0.4) is 0 Å². The highest BCUT2D eigenvalue weighted by Gasteiger charge is 2.18. The Kier molecular flexibility index (Phi) is 4.71. The van der Waals surface area contributed by atoms with Crippen LogP contribution in [0.2, 0.25) is 0 Å². The Bertz CT molecular complexity index is 917. The van der Waals surface area contributed by atoms with E-state index in [1.165, 1.54) is 10.9 Å². The van der Waals surface area contributed by atoms with Crippen LogP contribution < -0.4 is 19.9 Å². The van der Waals surface area contributed by atoms with Crippen molar-refractivity contribution in [1.82, 2.24) is 4.98 Å². The van der Waals surface area contributed by atoms with E-state index in [4.69, 9.17) is 19.9 Å². The number of nitrogens with one attached hydrogen (secondary N) is 1. The van der Waals surface area contributed by atoms with E-state index in [1.54, 1.807) is 0 Å². The summed E-state index contributed by atoms with van der Waals surface area (Å²) >= 11 is 0. The zero-order valence-electron chi connectivity index (χ0n) is 15.0. The fourth-order valence-electron chi connectivity index (χ4n) is 3.49. The van der Waals surface area contributed by atoms with Crippen molar-refractivity contribution < 1.29 is 14.2 Å². The van der Waals surface area contributed by atoms with Crippen molar-refractivity contribution in [1.29, 1.82) is 0 Å². The summed E-state index contributed by atoms with van der Waals surface area (Å²) in [6, 6.07) is 12.3. The normalized spacial score (nSPS) is 12.7. The quantitative estimate of drug-likeness (QED) is 0.624. The van der Waals surface area contributed by atoms with Gasteiger partial charge in [0.05, 0.1) is 6.61 Å². The minimum atomic E-state index is 0.284. The van der Waals surface area contributed by atoms with Crippen molar-refractivity contribution in [2.45, 2.75) is 26.2 Å². The van der Waals surface area contributed by atoms with Crippen LogP contribution in [0.5, 0.6) is 17.2 Å². The Morgan fingerprint density at radius 1 is 1.08 bits per heavy atom. The lowest BCUT2D eigenvalue weighted by atomic mass is 10.00. The second-order valence-electron chi connectivity index (χ2n) is 6.43. The Labute approximate surface area is 153 Å². The predicted molar refractivity (Wildman–Crippen MR) is 103 cm³/mol. The number of unbranched alkanes of at least 4 members (excludes halogenated alkanes) is 1. The SMILES string of the molecule is CCOc1ccc2[nH]c(-c3ccc4c(c3)OCO4)c(CCCCN)c2c1. The molecule has 0 spiro atoms. The molecule has 5 heteroatoms. The minimum absolute atomic E-state index is 0.284. The third kappa shape index (κ3) is 3.10. The van der Waals surface area contributed by atoms with Gasteiger partial charge in [-0.1, -0.05) is 0 Å². The standard InChI is InChI=1S/C21H24N2O3/c1-2-24-15-7-8-18-17(12-15)16(5-3-4-10-22)21(23-18)14-6-9-19-20(11-14)26-13-25-19/h6-9,11-12,23H,2-5,10,13,22H2,1H3. The number of fused-ring (bicyclic) bond motifs is 2. The largest absolute Gasteiger partial charge is 0.494 e. The summed E-state index contributed by atoms with van der Waals surface area (Å²) < 4.78 is 16.7. The third-order valence-electron chi connectivity index (χ3n) is 4.73. The van der Waals surface area contributed by atoms with E-state index < -0.39 is 0 Å². The van der Waals surface area contributed by atoms with Crippen LogP contribution in [-0.2, 0) is 6.42 Å². The van der Waals surface area contributed by atoms with E-state index in [9.17, 15) is 0 Å². The molecule has 0 amide bonds. The first-order valence-electron chi connectivity index (χ1n) is 9.17. The number of aromatic nitrogens is 1. The van der Waals surface area contributed by atoms with Gasteiger partial charge in [-0.05, 0) is 74.7 Å². The van der Waals surface area contributed by atoms with E-state index in [2.05, 4.69) is 23.2 Å². The predicted octanol–water partition coefficient (Wildman–Crippen LogP) is 4.24. The molecular formula is C21H24N2O3. The molecule has 1 aromatic heterocycles. The van der Waals surface area contributed by atoms with Gasteiger partial charge >= 0.3 is 0 Å². The average Bonchev–Trinajstić information content (AvgIpc) is 3.26. The molecule has 4 rings (SSSR count). The molecule has 2 aromatic carbocycles. The van der Waals surface area contributed by atoms with Crippen LogP contribution in [0, 0.1) is 0 Å². The zero-order chi connectivity index (χ0) is 17.9. The maximum Gasteiger partial charge on any atom is 0.231 e. The number of aromatic amines is 1. The van der Waals surface area contributed by atoms with Gasteiger partial charge in [-0.3, -0.25) is 0 Å². The van der Waals surface area contributed by atoms with Crippen molar-refractivity contribution in [3.8, 4) is 28.5 Å². The number of benzene rings is 2. The molecule has 1 aliphatic heterocycles. The van der Waals surface area contributed by atoms with Crippen LogP contribution >= 0.6 is 0 Å². The molecule has 0 bridgehead atoms. The third-order valence-corrected chi connectivity index (χ3v) is 4.73. The summed E-state index contributed by atoms with van der Waals surface area (Å²) in [7, 11) is 0. The number of H-pyrrole nitrogens is 1. The van der Waals surface area contributed by atoms with Crippen molar-refractivity contribution >= 4 is 10.9 Å². The number of hydrogen-bond donors (Lipinski definition) is 2. The molecular weight excluding hydrogens is 328 g/mol. The van der Waals surface area contributed by atoms with Crippen LogP contribution in [0.4, 0.5) is 0 Å². The molecule has 0 fully saturated rings. The van der Waals surface area contributed by atoms with Crippen LogP contribution in [0.15, 0.2) is 36.4 Å². The number of rotatable bonds is 7. The Morgan fingerprint density at radius 3 is 2.81 bits per heavy atom. The first-order valence-corrected chi connectivity index (χ1v) is 9.17. The molecule has 5 nitrogen and oxygen atoms in total. The van der Waals surface area contributed by atoms with Crippen molar-refractivity contribution in [2.75, 3.05) is 19.9 Å². The van der Waals surface area contributed by atoms with Gasteiger partial charge in [0.25, 0.3) is 0 Å². The Morgan fingerprint density at radius 2 is 1.96 bits per heavy atom. The van der Waals surface area contributed by atoms with E-state index in [-0.39, 0.29) is 6.79 Å². The second kappa shape index (κ2) is 7.30. The molecule has 3 N–H and O–H groups in total. The lowest BCUT2D eigenvalue weighted by Crippen LogP contribution is -1.99. The van der Waals surface area contributed by atoms with Gasteiger partial charge in [0, 0.05) is 22.2 Å². The van der Waals surface area contributed by atoms with Crippen LogP contribution in [-0.4, -0.2) is 24.9 Å². The molecule has 26 heavy (non-hydrogen) atoms. The van der Waals surface area contributed by atoms with E-state index >= 15 is 0 Å². The monoisotopic (exact) mass is 352 g/mol. The van der Waals surface area contributed by atoms with Gasteiger partial charge in [0.2, 0.25) is 6.79 Å². The van der Waals surface area contributed by atoms with Gasteiger partial charge in [-0.15, -0.1) is 0 Å². The fourth-order valence-corrected chi connectivity index (χ4v) is 3.49. The number of ether oxygens (including phenoxy) is 3. The summed E-state index contributed by atoms with van der Waals surface area (Å²) in [6.45, 7) is 3.66. The molecule has 0 unspecified atom stereocenters. The van der Waals surface area contributed by atoms with Gasteiger partial charge < -0.3 is 24.9 Å². The maximum atomic E-state index is 5.70. The molecule has 0 aliphatic carbocycles. The summed E-state index contributed by atoms with van der Waals surface area (Å²) in [6.07, 6.45) is 3.04. The first kappa shape index (κ1) is 16.8.